The zero-order valence-electron chi connectivity index (χ0n) is 11.2. The van der Waals surface area contributed by atoms with Crippen molar-refractivity contribution < 1.29 is 14.6 Å². The Bertz CT molecular complexity index is 357. The first-order chi connectivity index (χ1) is 8.63. The fraction of sp³-hybridized carbons (Fsp3) is 0.533. The van der Waals surface area contributed by atoms with Crippen LogP contribution < -0.4 is 4.74 Å². The number of unbranched alkanes of at least 4 members (excludes halogenated alkanes) is 2. The molecule has 1 aromatic carbocycles. The predicted octanol–water partition coefficient (Wildman–Crippen LogP) is 3.98. The lowest BCUT2D eigenvalue weighted by Crippen LogP contribution is -2.08. The third-order valence-electron chi connectivity index (χ3n) is 2.94. The standard InChI is InChI=1S/C15H22O3/c1-3-4-5-6-12(2)11-18-14-9-7-13(8-10-14)15(16)17/h7-10,12H,3-6,11H2,1-2H3,(H,16,17)/t12-/m0/s1. The number of carboxylic acids is 1. The highest BCUT2D eigenvalue weighted by atomic mass is 16.5. The first kappa shape index (κ1) is 14.6. The third kappa shape index (κ3) is 5.21. The largest absolute Gasteiger partial charge is 0.493 e. The van der Waals surface area contributed by atoms with Gasteiger partial charge in [-0.25, -0.2) is 4.79 Å². The molecule has 0 bridgehead atoms. The van der Waals surface area contributed by atoms with Crippen molar-refractivity contribution in [2.45, 2.75) is 39.5 Å². The number of hydrogen-bond donors (Lipinski definition) is 1. The van der Waals surface area contributed by atoms with Crippen LogP contribution in [0.25, 0.3) is 0 Å². The van der Waals surface area contributed by atoms with Crippen molar-refractivity contribution in [3.05, 3.63) is 29.8 Å². The minimum atomic E-state index is -0.908. The van der Waals surface area contributed by atoms with Crippen molar-refractivity contribution in [3.63, 3.8) is 0 Å². The molecule has 0 unspecified atom stereocenters. The maximum Gasteiger partial charge on any atom is 0.335 e. The first-order valence-corrected chi connectivity index (χ1v) is 6.59. The highest BCUT2D eigenvalue weighted by molar-refractivity contribution is 5.87. The van der Waals surface area contributed by atoms with Crippen LogP contribution in [0.5, 0.6) is 5.75 Å². The van der Waals surface area contributed by atoms with E-state index in [1.54, 1.807) is 24.3 Å². The van der Waals surface area contributed by atoms with Gasteiger partial charge >= 0.3 is 5.97 Å². The van der Waals surface area contributed by atoms with Gasteiger partial charge in [0.05, 0.1) is 12.2 Å². The van der Waals surface area contributed by atoms with Crippen LogP contribution in [-0.2, 0) is 0 Å². The van der Waals surface area contributed by atoms with E-state index < -0.39 is 5.97 Å². The second kappa shape index (κ2) is 7.75. The van der Waals surface area contributed by atoms with Gasteiger partial charge in [-0.2, -0.15) is 0 Å². The van der Waals surface area contributed by atoms with Crippen molar-refractivity contribution >= 4 is 5.97 Å². The van der Waals surface area contributed by atoms with E-state index in [0.29, 0.717) is 18.1 Å². The number of benzene rings is 1. The molecule has 0 heterocycles. The number of ether oxygens (including phenoxy) is 1. The van der Waals surface area contributed by atoms with E-state index in [4.69, 9.17) is 9.84 Å². The summed E-state index contributed by atoms with van der Waals surface area (Å²) in [6, 6.07) is 6.56. The summed E-state index contributed by atoms with van der Waals surface area (Å²) in [5.41, 5.74) is 0.290. The molecule has 0 aliphatic heterocycles. The Morgan fingerprint density at radius 1 is 1.28 bits per heavy atom. The predicted molar refractivity (Wildman–Crippen MR) is 72.2 cm³/mol. The van der Waals surface area contributed by atoms with E-state index in [1.165, 1.54) is 25.7 Å². The fourth-order valence-corrected chi connectivity index (χ4v) is 1.76. The summed E-state index contributed by atoms with van der Waals surface area (Å²) in [4.78, 5) is 10.7. The lowest BCUT2D eigenvalue weighted by molar-refractivity contribution is 0.0697. The number of carboxylic acid groups (broad SMARTS) is 1. The van der Waals surface area contributed by atoms with E-state index in [0.717, 1.165) is 5.75 Å². The van der Waals surface area contributed by atoms with Crippen LogP contribution in [-0.4, -0.2) is 17.7 Å². The van der Waals surface area contributed by atoms with Gasteiger partial charge in [0.15, 0.2) is 0 Å². The monoisotopic (exact) mass is 250 g/mol. The lowest BCUT2D eigenvalue weighted by atomic mass is 10.0. The van der Waals surface area contributed by atoms with Crippen LogP contribution >= 0.6 is 0 Å². The van der Waals surface area contributed by atoms with Gasteiger partial charge in [-0.05, 0) is 36.6 Å². The Morgan fingerprint density at radius 3 is 2.50 bits per heavy atom. The number of rotatable bonds is 8. The van der Waals surface area contributed by atoms with E-state index in [1.807, 2.05) is 0 Å². The summed E-state index contributed by atoms with van der Waals surface area (Å²) in [6.45, 7) is 5.07. The average molecular weight is 250 g/mol. The quantitative estimate of drug-likeness (QED) is 0.710. The summed E-state index contributed by atoms with van der Waals surface area (Å²) in [5.74, 6) is 0.368. The lowest BCUT2D eigenvalue weighted by Gasteiger charge is -2.12. The van der Waals surface area contributed by atoms with Crippen LogP contribution in [0.3, 0.4) is 0 Å². The van der Waals surface area contributed by atoms with Gasteiger partial charge in [0.25, 0.3) is 0 Å². The van der Waals surface area contributed by atoms with Gasteiger partial charge in [-0.3, -0.25) is 0 Å². The summed E-state index contributed by atoms with van der Waals surface area (Å²) in [6.07, 6.45) is 4.95. The molecule has 1 rings (SSSR count). The zero-order valence-corrected chi connectivity index (χ0v) is 11.2. The van der Waals surface area contributed by atoms with E-state index in [-0.39, 0.29) is 0 Å². The maximum absolute atomic E-state index is 10.7. The van der Waals surface area contributed by atoms with Crippen molar-refractivity contribution in [3.8, 4) is 5.75 Å². The van der Waals surface area contributed by atoms with Crippen molar-refractivity contribution in [1.29, 1.82) is 0 Å². The summed E-state index contributed by atoms with van der Waals surface area (Å²) in [7, 11) is 0. The molecule has 0 aliphatic carbocycles. The molecule has 18 heavy (non-hydrogen) atoms. The normalized spacial score (nSPS) is 12.1. The van der Waals surface area contributed by atoms with Crippen LogP contribution in [0.2, 0.25) is 0 Å². The minimum Gasteiger partial charge on any atom is -0.493 e. The number of hydrogen-bond acceptors (Lipinski definition) is 2. The molecule has 0 radical (unpaired) electrons. The summed E-state index contributed by atoms with van der Waals surface area (Å²) >= 11 is 0. The zero-order chi connectivity index (χ0) is 13.4. The Kier molecular flexibility index (Phi) is 6.26. The van der Waals surface area contributed by atoms with Gasteiger partial charge in [0.1, 0.15) is 5.75 Å². The molecule has 0 saturated heterocycles. The van der Waals surface area contributed by atoms with Crippen molar-refractivity contribution in [1.82, 2.24) is 0 Å². The second-order valence-electron chi connectivity index (χ2n) is 4.74. The van der Waals surface area contributed by atoms with E-state index >= 15 is 0 Å². The molecule has 0 aliphatic rings. The highest BCUT2D eigenvalue weighted by Crippen LogP contribution is 2.15. The summed E-state index contributed by atoms with van der Waals surface area (Å²) < 4.78 is 5.64. The van der Waals surface area contributed by atoms with E-state index in [2.05, 4.69) is 13.8 Å². The molecule has 0 spiro atoms. The molecule has 1 N–H and O–H groups in total. The molecule has 3 nitrogen and oxygen atoms in total. The smallest absolute Gasteiger partial charge is 0.335 e. The Balaban J connectivity index is 2.32. The molecule has 1 atom stereocenters. The van der Waals surface area contributed by atoms with Crippen LogP contribution in [0.4, 0.5) is 0 Å². The molecule has 0 saturated carbocycles. The summed E-state index contributed by atoms with van der Waals surface area (Å²) in [5, 5.41) is 8.77. The van der Waals surface area contributed by atoms with Gasteiger partial charge < -0.3 is 9.84 Å². The highest BCUT2D eigenvalue weighted by Gasteiger charge is 2.05. The van der Waals surface area contributed by atoms with Crippen LogP contribution in [0.15, 0.2) is 24.3 Å². The maximum atomic E-state index is 10.7. The second-order valence-corrected chi connectivity index (χ2v) is 4.74. The third-order valence-corrected chi connectivity index (χ3v) is 2.94. The minimum absolute atomic E-state index is 0.290. The molecule has 0 amide bonds. The molecular formula is C15H22O3. The number of carbonyl (C=O) groups is 1. The SMILES string of the molecule is CCCCC[C@H](C)COc1ccc(C(=O)O)cc1. The Labute approximate surface area is 109 Å². The van der Waals surface area contributed by atoms with Gasteiger partial charge in [-0.15, -0.1) is 0 Å². The molecule has 0 aromatic heterocycles. The van der Waals surface area contributed by atoms with Crippen LogP contribution in [0.1, 0.15) is 49.9 Å². The molecule has 0 fully saturated rings. The first-order valence-electron chi connectivity index (χ1n) is 6.59. The Hall–Kier alpha value is -1.51. The average Bonchev–Trinajstić information content (AvgIpc) is 2.37. The molecule has 3 heteroatoms. The molecule has 100 valence electrons. The van der Waals surface area contributed by atoms with Gasteiger partial charge in [-0.1, -0.05) is 33.1 Å². The Morgan fingerprint density at radius 2 is 1.94 bits per heavy atom. The van der Waals surface area contributed by atoms with Crippen LogP contribution in [0, 0.1) is 5.92 Å². The topological polar surface area (TPSA) is 46.5 Å². The van der Waals surface area contributed by atoms with Gasteiger partial charge in [0, 0.05) is 0 Å². The molecule has 1 aromatic rings. The van der Waals surface area contributed by atoms with E-state index in [9.17, 15) is 4.79 Å². The fourth-order valence-electron chi connectivity index (χ4n) is 1.76. The van der Waals surface area contributed by atoms with Gasteiger partial charge in [0.2, 0.25) is 0 Å². The molecular weight excluding hydrogens is 228 g/mol. The van der Waals surface area contributed by atoms with Crippen molar-refractivity contribution in [2.24, 2.45) is 5.92 Å². The van der Waals surface area contributed by atoms with Crippen molar-refractivity contribution in [2.75, 3.05) is 6.61 Å². The number of aromatic carboxylic acids is 1.